The van der Waals surface area contributed by atoms with Crippen LogP contribution >= 0.6 is 11.8 Å². The highest BCUT2D eigenvalue weighted by atomic mass is 32.2. The van der Waals surface area contributed by atoms with Crippen LogP contribution in [0.4, 0.5) is 17.1 Å². The third-order valence-electron chi connectivity index (χ3n) is 3.95. The van der Waals surface area contributed by atoms with E-state index in [1.807, 2.05) is 49.4 Å². The van der Waals surface area contributed by atoms with Crippen LogP contribution in [0.25, 0.3) is 0 Å². The number of nitrogens with two attached hydrogens (primary N) is 1. The summed E-state index contributed by atoms with van der Waals surface area (Å²) in [5.41, 5.74) is 8.70. The summed E-state index contributed by atoms with van der Waals surface area (Å²) in [4.78, 5) is 14.8. The standard InChI is InChI=1S/C22H23N3OS/c1-2-14-24-22(26)18-15-16(23)12-13-19(18)25-20-10-6-7-11-21(20)27-17-8-4-3-5-9-17/h3-13,15,25H,2,14,23H2,1H3,(H,24,26). The first-order chi connectivity index (χ1) is 13.2. The molecule has 138 valence electrons. The number of amides is 1. The minimum absolute atomic E-state index is 0.125. The third-order valence-corrected chi connectivity index (χ3v) is 5.03. The van der Waals surface area contributed by atoms with Crippen molar-refractivity contribution in [3.63, 3.8) is 0 Å². The topological polar surface area (TPSA) is 67.2 Å². The Hall–Kier alpha value is -2.92. The van der Waals surface area contributed by atoms with E-state index in [2.05, 4.69) is 28.8 Å². The number of carbonyl (C=O) groups is 1. The third kappa shape index (κ3) is 5.05. The molecule has 0 aliphatic heterocycles. The highest BCUT2D eigenvalue weighted by Gasteiger charge is 2.13. The van der Waals surface area contributed by atoms with E-state index in [9.17, 15) is 4.79 Å². The van der Waals surface area contributed by atoms with Crippen LogP contribution in [0.2, 0.25) is 0 Å². The van der Waals surface area contributed by atoms with Gasteiger partial charge in [-0.2, -0.15) is 0 Å². The lowest BCUT2D eigenvalue weighted by molar-refractivity contribution is 0.0954. The molecule has 0 fully saturated rings. The normalized spacial score (nSPS) is 10.4. The Bertz CT molecular complexity index is 912. The smallest absolute Gasteiger partial charge is 0.253 e. The van der Waals surface area contributed by atoms with E-state index in [1.165, 1.54) is 0 Å². The van der Waals surface area contributed by atoms with Gasteiger partial charge in [-0.25, -0.2) is 0 Å². The van der Waals surface area contributed by atoms with Crippen molar-refractivity contribution in [1.29, 1.82) is 0 Å². The van der Waals surface area contributed by atoms with Crippen LogP contribution in [0, 0.1) is 0 Å². The summed E-state index contributed by atoms with van der Waals surface area (Å²) >= 11 is 1.68. The number of para-hydroxylation sites is 1. The van der Waals surface area contributed by atoms with E-state index in [0.717, 1.165) is 27.6 Å². The van der Waals surface area contributed by atoms with Crippen molar-refractivity contribution < 1.29 is 4.79 Å². The minimum atomic E-state index is -0.125. The molecule has 0 bridgehead atoms. The van der Waals surface area contributed by atoms with E-state index in [1.54, 1.807) is 23.9 Å². The Morgan fingerprint density at radius 2 is 1.70 bits per heavy atom. The van der Waals surface area contributed by atoms with Crippen LogP contribution in [0.5, 0.6) is 0 Å². The molecule has 0 aliphatic carbocycles. The SMILES string of the molecule is CCCNC(=O)c1cc(N)ccc1Nc1ccccc1Sc1ccccc1. The number of carbonyl (C=O) groups excluding carboxylic acids is 1. The molecule has 0 radical (unpaired) electrons. The lowest BCUT2D eigenvalue weighted by Crippen LogP contribution is -2.25. The van der Waals surface area contributed by atoms with Gasteiger partial charge in [0.15, 0.2) is 0 Å². The number of nitrogens with one attached hydrogen (secondary N) is 2. The second-order valence-electron chi connectivity index (χ2n) is 6.10. The van der Waals surface area contributed by atoms with Gasteiger partial charge in [-0.05, 0) is 48.9 Å². The lowest BCUT2D eigenvalue weighted by atomic mass is 10.1. The molecule has 4 nitrogen and oxygen atoms in total. The average molecular weight is 378 g/mol. The van der Waals surface area contributed by atoms with Crippen molar-refractivity contribution in [3.05, 3.63) is 78.4 Å². The van der Waals surface area contributed by atoms with Crippen LogP contribution in [-0.4, -0.2) is 12.5 Å². The fourth-order valence-electron chi connectivity index (χ4n) is 2.61. The second kappa shape index (κ2) is 9.14. The largest absolute Gasteiger partial charge is 0.399 e. The highest BCUT2D eigenvalue weighted by molar-refractivity contribution is 7.99. The van der Waals surface area contributed by atoms with Gasteiger partial charge in [-0.1, -0.05) is 49.0 Å². The van der Waals surface area contributed by atoms with Crippen molar-refractivity contribution in [2.45, 2.75) is 23.1 Å². The summed E-state index contributed by atoms with van der Waals surface area (Å²) in [6.45, 7) is 2.66. The quantitative estimate of drug-likeness (QED) is 0.489. The van der Waals surface area contributed by atoms with Gasteiger partial charge in [0.05, 0.1) is 16.9 Å². The summed E-state index contributed by atoms with van der Waals surface area (Å²) in [5.74, 6) is -0.125. The molecular formula is C22H23N3OS. The molecule has 0 aromatic heterocycles. The molecule has 3 aromatic carbocycles. The molecule has 27 heavy (non-hydrogen) atoms. The van der Waals surface area contributed by atoms with Gasteiger partial charge in [-0.3, -0.25) is 4.79 Å². The molecule has 0 aliphatic rings. The Morgan fingerprint density at radius 3 is 2.48 bits per heavy atom. The van der Waals surface area contributed by atoms with Gasteiger partial charge < -0.3 is 16.4 Å². The molecule has 0 saturated heterocycles. The van der Waals surface area contributed by atoms with Crippen molar-refractivity contribution in [1.82, 2.24) is 5.32 Å². The first-order valence-corrected chi connectivity index (χ1v) is 9.75. The maximum Gasteiger partial charge on any atom is 0.253 e. The predicted octanol–water partition coefficient (Wildman–Crippen LogP) is 5.30. The zero-order chi connectivity index (χ0) is 19.1. The van der Waals surface area contributed by atoms with E-state index >= 15 is 0 Å². The van der Waals surface area contributed by atoms with Gasteiger partial charge in [0.1, 0.15) is 0 Å². The molecule has 0 saturated carbocycles. The van der Waals surface area contributed by atoms with Crippen LogP contribution in [0.3, 0.4) is 0 Å². The summed E-state index contributed by atoms with van der Waals surface area (Å²) in [6.07, 6.45) is 0.882. The molecule has 4 N–H and O–H groups in total. The maximum absolute atomic E-state index is 12.5. The van der Waals surface area contributed by atoms with Crippen LogP contribution in [0.15, 0.2) is 82.6 Å². The van der Waals surface area contributed by atoms with Gasteiger partial charge in [0.25, 0.3) is 5.91 Å². The Balaban J connectivity index is 1.88. The van der Waals surface area contributed by atoms with Crippen molar-refractivity contribution >= 4 is 34.7 Å². The predicted molar refractivity (Wildman–Crippen MR) is 114 cm³/mol. The van der Waals surface area contributed by atoms with E-state index < -0.39 is 0 Å². The summed E-state index contributed by atoms with van der Waals surface area (Å²) in [6, 6.07) is 23.6. The zero-order valence-corrected chi connectivity index (χ0v) is 16.1. The van der Waals surface area contributed by atoms with E-state index in [4.69, 9.17) is 5.73 Å². The van der Waals surface area contributed by atoms with Gasteiger partial charge in [0, 0.05) is 22.0 Å². The van der Waals surface area contributed by atoms with Crippen LogP contribution < -0.4 is 16.4 Å². The van der Waals surface area contributed by atoms with Gasteiger partial charge in [0.2, 0.25) is 0 Å². The first-order valence-electron chi connectivity index (χ1n) is 8.94. The fraction of sp³-hybridized carbons (Fsp3) is 0.136. The molecule has 0 atom stereocenters. The minimum Gasteiger partial charge on any atom is -0.399 e. The van der Waals surface area contributed by atoms with E-state index in [-0.39, 0.29) is 5.91 Å². The summed E-state index contributed by atoms with van der Waals surface area (Å²) in [5, 5.41) is 6.33. The molecule has 3 aromatic rings. The maximum atomic E-state index is 12.5. The molecular weight excluding hydrogens is 354 g/mol. The van der Waals surface area contributed by atoms with E-state index in [0.29, 0.717) is 17.8 Å². The fourth-order valence-corrected chi connectivity index (χ4v) is 3.53. The second-order valence-corrected chi connectivity index (χ2v) is 7.21. The highest BCUT2D eigenvalue weighted by Crippen LogP contribution is 2.35. The van der Waals surface area contributed by atoms with Gasteiger partial charge in [-0.15, -0.1) is 0 Å². The van der Waals surface area contributed by atoms with Crippen molar-refractivity contribution in [3.8, 4) is 0 Å². The van der Waals surface area contributed by atoms with Gasteiger partial charge >= 0.3 is 0 Å². The Kier molecular flexibility index (Phi) is 6.39. The lowest BCUT2D eigenvalue weighted by Gasteiger charge is -2.15. The number of benzene rings is 3. The summed E-state index contributed by atoms with van der Waals surface area (Å²) in [7, 11) is 0. The first kappa shape index (κ1) is 18.9. The average Bonchev–Trinajstić information content (AvgIpc) is 2.69. The summed E-state index contributed by atoms with van der Waals surface area (Å²) < 4.78 is 0. The van der Waals surface area contributed by atoms with Crippen molar-refractivity contribution in [2.75, 3.05) is 17.6 Å². The molecule has 5 heteroatoms. The Morgan fingerprint density at radius 1 is 0.963 bits per heavy atom. The zero-order valence-electron chi connectivity index (χ0n) is 15.2. The number of hydrogen-bond donors (Lipinski definition) is 3. The molecule has 1 amide bonds. The molecule has 3 rings (SSSR count). The van der Waals surface area contributed by atoms with Crippen molar-refractivity contribution in [2.24, 2.45) is 0 Å². The number of anilines is 3. The number of nitrogen functional groups attached to an aromatic ring is 1. The number of hydrogen-bond acceptors (Lipinski definition) is 4. The molecule has 0 unspecified atom stereocenters. The Labute approximate surface area is 164 Å². The molecule has 0 heterocycles. The number of rotatable bonds is 7. The van der Waals surface area contributed by atoms with Crippen LogP contribution in [-0.2, 0) is 0 Å². The van der Waals surface area contributed by atoms with Crippen LogP contribution in [0.1, 0.15) is 23.7 Å². The molecule has 0 spiro atoms. The monoisotopic (exact) mass is 377 g/mol.